The summed E-state index contributed by atoms with van der Waals surface area (Å²) in [5, 5.41) is 0. The summed E-state index contributed by atoms with van der Waals surface area (Å²) in [5.74, 6) is -0.982. The van der Waals surface area contributed by atoms with Gasteiger partial charge in [-0.2, -0.15) is 0 Å². The Morgan fingerprint density at radius 1 is 1.23 bits per heavy atom. The second-order valence-corrected chi connectivity index (χ2v) is 9.21. The van der Waals surface area contributed by atoms with Crippen LogP contribution >= 0.6 is 0 Å². The van der Waals surface area contributed by atoms with Gasteiger partial charge in [0.15, 0.2) is 0 Å². The van der Waals surface area contributed by atoms with Gasteiger partial charge in [-0.25, -0.2) is 9.59 Å². The van der Waals surface area contributed by atoms with Gasteiger partial charge in [0.25, 0.3) is 0 Å². The van der Waals surface area contributed by atoms with Gasteiger partial charge >= 0.3 is 11.9 Å². The van der Waals surface area contributed by atoms with Crippen LogP contribution < -0.4 is 0 Å². The first kappa shape index (κ1) is 16.8. The lowest BCUT2D eigenvalue weighted by Gasteiger charge is -2.50. The van der Waals surface area contributed by atoms with E-state index in [4.69, 9.17) is 18.9 Å². The molecule has 26 heavy (non-hydrogen) atoms. The molecule has 5 fully saturated rings. The van der Waals surface area contributed by atoms with Gasteiger partial charge < -0.3 is 18.9 Å². The average Bonchev–Trinajstić information content (AvgIpc) is 3.46. The van der Waals surface area contributed by atoms with Crippen molar-refractivity contribution in [1.82, 2.24) is 0 Å². The molecule has 6 heteroatoms. The molecule has 3 aliphatic heterocycles. The maximum Gasteiger partial charge on any atom is 0.351 e. The van der Waals surface area contributed by atoms with Crippen molar-refractivity contribution in [3.05, 3.63) is 11.6 Å². The smallest absolute Gasteiger partial charge is 0.351 e. The van der Waals surface area contributed by atoms with Crippen LogP contribution in [0, 0.1) is 17.3 Å². The maximum atomic E-state index is 12.8. The molecule has 3 heterocycles. The quantitative estimate of drug-likeness (QED) is 0.426. The number of hydrogen-bond acceptors (Lipinski definition) is 6. The molecule has 6 nitrogen and oxygen atoms in total. The van der Waals surface area contributed by atoms with Crippen LogP contribution in [0.2, 0.25) is 0 Å². The maximum absolute atomic E-state index is 12.8. The first-order chi connectivity index (χ1) is 12.2. The van der Waals surface area contributed by atoms with E-state index in [-0.39, 0.29) is 47.3 Å². The lowest BCUT2D eigenvalue weighted by molar-refractivity contribution is -0.170. The summed E-state index contributed by atoms with van der Waals surface area (Å²) in [6, 6.07) is 0. The fourth-order valence-electron chi connectivity index (χ4n) is 6.10. The highest BCUT2D eigenvalue weighted by molar-refractivity contribution is 5.92. The van der Waals surface area contributed by atoms with Crippen LogP contribution in [0.1, 0.15) is 47.5 Å². The summed E-state index contributed by atoms with van der Waals surface area (Å²) in [7, 11) is 0. The van der Waals surface area contributed by atoms with Crippen LogP contribution in [0.3, 0.4) is 0 Å². The third-order valence-electron chi connectivity index (χ3n) is 7.83. The van der Waals surface area contributed by atoms with Crippen molar-refractivity contribution in [2.75, 3.05) is 0 Å². The van der Waals surface area contributed by atoms with Crippen LogP contribution in [0.25, 0.3) is 0 Å². The molecule has 3 saturated heterocycles. The van der Waals surface area contributed by atoms with Gasteiger partial charge in [0.1, 0.15) is 23.9 Å². The van der Waals surface area contributed by atoms with Crippen molar-refractivity contribution in [1.29, 1.82) is 0 Å². The molecule has 5 rings (SSSR count). The van der Waals surface area contributed by atoms with Gasteiger partial charge in [-0.15, -0.1) is 0 Å². The van der Waals surface area contributed by atoms with Gasteiger partial charge in [0.05, 0.1) is 6.10 Å². The van der Waals surface area contributed by atoms with Crippen molar-refractivity contribution >= 4 is 11.9 Å². The number of hydrogen-bond donors (Lipinski definition) is 0. The number of ether oxygens (including phenoxy) is 4. The molecule has 5 aliphatic rings. The van der Waals surface area contributed by atoms with Crippen molar-refractivity contribution in [3.63, 3.8) is 0 Å². The van der Waals surface area contributed by atoms with E-state index in [1.54, 1.807) is 26.8 Å². The number of rotatable bonds is 2. The summed E-state index contributed by atoms with van der Waals surface area (Å²) in [4.78, 5) is 25.2. The van der Waals surface area contributed by atoms with E-state index in [1.807, 2.05) is 0 Å². The van der Waals surface area contributed by atoms with E-state index in [2.05, 4.69) is 13.8 Å². The number of allylic oxidation sites excluding steroid dienone is 1. The Morgan fingerprint density at radius 3 is 2.65 bits per heavy atom. The molecule has 0 amide bonds. The summed E-state index contributed by atoms with van der Waals surface area (Å²) in [6.07, 6.45) is 3.56. The molecular formula is C20H26O6. The number of esters is 2. The third-order valence-corrected chi connectivity index (χ3v) is 7.83. The predicted octanol–water partition coefficient (Wildman–Crippen LogP) is 2.15. The molecule has 2 aliphatic carbocycles. The minimum atomic E-state index is -1.24. The SMILES string of the molecule is C/C=C(/C)C(=O)O[C@@]1(C)C(=O)O[C@H]2[C@H]1CC[C@@]1(C)[C@@H]3O[C@H]3[C@@H]3O[C@@]3(C)[C@@H]21. The molecule has 142 valence electrons. The molecule has 0 radical (unpaired) electrons. The monoisotopic (exact) mass is 362 g/mol. The van der Waals surface area contributed by atoms with Gasteiger partial charge in [-0.1, -0.05) is 13.0 Å². The molecule has 0 spiro atoms. The molecular weight excluding hydrogens is 336 g/mol. The topological polar surface area (TPSA) is 77.7 Å². The number of epoxide rings is 2. The number of fused-ring (bicyclic) bond motifs is 8. The summed E-state index contributed by atoms with van der Waals surface area (Å²) < 4.78 is 23.6. The van der Waals surface area contributed by atoms with Crippen molar-refractivity contribution in [3.8, 4) is 0 Å². The Bertz CT molecular complexity index is 745. The fourth-order valence-corrected chi connectivity index (χ4v) is 6.10. The Morgan fingerprint density at radius 2 is 1.96 bits per heavy atom. The zero-order chi connectivity index (χ0) is 18.6. The van der Waals surface area contributed by atoms with Crippen LogP contribution in [0.4, 0.5) is 0 Å². The zero-order valence-corrected chi connectivity index (χ0v) is 15.9. The van der Waals surface area contributed by atoms with Gasteiger partial charge in [-0.05, 0) is 40.5 Å². The second-order valence-electron chi connectivity index (χ2n) is 9.21. The van der Waals surface area contributed by atoms with Crippen molar-refractivity contribution in [2.45, 2.75) is 83.1 Å². The highest BCUT2D eigenvalue weighted by Crippen LogP contribution is 2.71. The predicted molar refractivity (Wildman–Crippen MR) is 90.1 cm³/mol. The number of carbonyl (C=O) groups is 2. The standard InChI is InChI=1S/C20H26O6/c1-6-9(2)16(21)26-19(4)10-7-8-18(3)13(11(10)24-17(19)22)20(5)15(25-20)12-14(18)23-12/h6,10-15H,7-8H2,1-5H3/b9-6-/t10-,11+,12-,13+,14-,15+,18-,19-,20+/m1/s1. The van der Waals surface area contributed by atoms with E-state index in [0.29, 0.717) is 5.57 Å². The summed E-state index contributed by atoms with van der Waals surface area (Å²) in [6.45, 7) is 9.52. The van der Waals surface area contributed by atoms with Crippen molar-refractivity contribution < 1.29 is 28.5 Å². The minimum absolute atomic E-state index is 0.0646. The molecule has 9 atom stereocenters. The van der Waals surface area contributed by atoms with E-state index in [9.17, 15) is 9.59 Å². The lowest BCUT2D eigenvalue weighted by atomic mass is 9.52. The molecule has 0 unspecified atom stereocenters. The first-order valence-corrected chi connectivity index (χ1v) is 9.57. The molecule has 0 bridgehead atoms. The van der Waals surface area contributed by atoms with E-state index >= 15 is 0 Å². The Labute approximate surface area is 153 Å². The number of carbonyl (C=O) groups excluding carboxylic acids is 2. The van der Waals surface area contributed by atoms with Crippen LogP contribution in [-0.4, -0.2) is 47.6 Å². The summed E-state index contributed by atoms with van der Waals surface area (Å²) in [5.41, 5.74) is -1.13. The van der Waals surface area contributed by atoms with Crippen LogP contribution in [0.15, 0.2) is 11.6 Å². The summed E-state index contributed by atoms with van der Waals surface area (Å²) >= 11 is 0. The average molecular weight is 362 g/mol. The molecule has 0 N–H and O–H groups in total. The largest absolute Gasteiger partial charge is 0.459 e. The van der Waals surface area contributed by atoms with E-state index in [0.717, 1.165) is 12.8 Å². The van der Waals surface area contributed by atoms with Gasteiger partial charge in [0, 0.05) is 22.8 Å². The minimum Gasteiger partial charge on any atom is -0.459 e. The first-order valence-electron chi connectivity index (χ1n) is 9.57. The Hall–Kier alpha value is -1.40. The van der Waals surface area contributed by atoms with Crippen LogP contribution in [0.5, 0.6) is 0 Å². The molecule has 0 aromatic rings. The zero-order valence-electron chi connectivity index (χ0n) is 15.9. The normalized spacial score (nSPS) is 56.5. The highest BCUT2D eigenvalue weighted by Gasteiger charge is 2.83. The molecule has 0 aromatic carbocycles. The Kier molecular flexibility index (Phi) is 3.03. The fraction of sp³-hybridized carbons (Fsp3) is 0.800. The molecule has 2 saturated carbocycles. The third kappa shape index (κ3) is 1.80. The highest BCUT2D eigenvalue weighted by atomic mass is 16.7. The lowest BCUT2D eigenvalue weighted by Crippen LogP contribution is -2.58. The van der Waals surface area contributed by atoms with E-state index in [1.165, 1.54) is 0 Å². The van der Waals surface area contributed by atoms with Gasteiger partial charge in [-0.3, -0.25) is 0 Å². The molecule has 0 aromatic heterocycles. The Balaban J connectivity index is 1.48. The second kappa shape index (κ2) is 4.71. The van der Waals surface area contributed by atoms with E-state index < -0.39 is 17.5 Å². The van der Waals surface area contributed by atoms with Crippen LogP contribution in [-0.2, 0) is 28.5 Å². The van der Waals surface area contributed by atoms with Crippen molar-refractivity contribution in [2.24, 2.45) is 17.3 Å². The van der Waals surface area contributed by atoms with Gasteiger partial charge in [0.2, 0.25) is 5.60 Å².